The number of amides is 1. The smallest absolute Gasteiger partial charge is 0.255 e. The number of halogens is 4. The van der Waals surface area contributed by atoms with Gasteiger partial charge in [0.05, 0.1) is 18.7 Å². The molecule has 0 saturated heterocycles. The van der Waals surface area contributed by atoms with Crippen molar-refractivity contribution in [2.24, 2.45) is 0 Å². The van der Waals surface area contributed by atoms with Crippen LogP contribution in [0.3, 0.4) is 0 Å². The van der Waals surface area contributed by atoms with Gasteiger partial charge in [0.1, 0.15) is 5.82 Å². The summed E-state index contributed by atoms with van der Waals surface area (Å²) in [4.78, 5) is 12.8. The summed E-state index contributed by atoms with van der Waals surface area (Å²) in [5.74, 6) is -1.15. The van der Waals surface area contributed by atoms with Gasteiger partial charge in [-0.05, 0) is 40.8 Å². The number of hydrogen-bond acceptors (Lipinski definition) is 2. The van der Waals surface area contributed by atoms with Crippen molar-refractivity contribution in [3.63, 3.8) is 0 Å². The Bertz CT molecular complexity index is 429. The lowest BCUT2D eigenvalue weighted by Crippen LogP contribution is -2.37. The van der Waals surface area contributed by atoms with Crippen molar-refractivity contribution in [3.8, 4) is 0 Å². The Morgan fingerprint density at radius 2 is 2.11 bits per heavy atom. The van der Waals surface area contributed by atoms with Crippen molar-refractivity contribution in [2.45, 2.75) is 6.43 Å². The molecular formula is C11H11F3INO2. The first-order valence-electron chi connectivity index (χ1n) is 5.09. The van der Waals surface area contributed by atoms with Crippen molar-refractivity contribution < 1.29 is 23.1 Å². The number of aliphatic hydroxyl groups is 1. The molecule has 18 heavy (non-hydrogen) atoms. The Balaban J connectivity index is 2.94. The van der Waals surface area contributed by atoms with E-state index in [4.69, 9.17) is 5.11 Å². The van der Waals surface area contributed by atoms with Crippen LogP contribution in [0.1, 0.15) is 10.4 Å². The third-order valence-corrected chi connectivity index (χ3v) is 3.07. The third-order valence-electron chi connectivity index (χ3n) is 2.18. The molecule has 0 aliphatic rings. The molecule has 0 atom stereocenters. The number of nitrogens with zero attached hydrogens (tertiary/aromatic N) is 1. The number of benzene rings is 1. The van der Waals surface area contributed by atoms with Crippen LogP contribution in [0.2, 0.25) is 0 Å². The van der Waals surface area contributed by atoms with Crippen LogP contribution in [0, 0.1) is 9.39 Å². The van der Waals surface area contributed by atoms with Crippen LogP contribution in [0.15, 0.2) is 18.2 Å². The largest absolute Gasteiger partial charge is 0.395 e. The third kappa shape index (κ3) is 4.13. The monoisotopic (exact) mass is 373 g/mol. The van der Waals surface area contributed by atoms with Crippen LogP contribution in [-0.2, 0) is 0 Å². The fraction of sp³-hybridized carbons (Fsp3) is 0.364. The molecule has 1 N–H and O–H groups in total. The Hall–Kier alpha value is -0.830. The van der Waals surface area contributed by atoms with Crippen molar-refractivity contribution in [1.82, 2.24) is 4.90 Å². The summed E-state index contributed by atoms with van der Waals surface area (Å²) in [6, 6.07) is 3.48. The summed E-state index contributed by atoms with van der Waals surface area (Å²) in [7, 11) is 0. The SMILES string of the molecule is O=C(c1ccc(F)cc1I)N(CCO)CC(F)F. The van der Waals surface area contributed by atoms with Gasteiger partial charge >= 0.3 is 0 Å². The standard InChI is InChI=1S/C11H11F3INO2/c12-7-1-2-8(9(15)5-7)11(18)16(3-4-17)6-10(13)14/h1-2,5,10,17H,3-4,6H2. The van der Waals surface area contributed by atoms with Gasteiger partial charge in [-0.2, -0.15) is 0 Å². The van der Waals surface area contributed by atoms with E-state index in [1.165, 1.54) is 6.07 Å². The summed E-state index contributed by atoms with van der Waals surface area (Å²) in [6.45, 7) is -1.35. The molecule has 0 bridgehead atoms. The molecule has 0 aliphatic heterocycles. The molecule has 1 rings (SSSR count). The highest BCUT2D eigenvalue weighted by Gasteiger charge is 2.21. The summed E-state index contributed by atoms with van der Waals surface area (Å²) in [5, 5.41) is 8.76. The maximum atomic E-state index is 12.9. The molecule has 7 heteroatoms. The van der Waals surface area contributed by atoms with Gasteiger partial charge in [0, 0.05) is 10.1 Å². The van der Waals surface area contributed by atoms with Gasteiger partial charge in [-0.25, -0.2) is 13.2 Å². The van der Waals surface area contributed by atoms with Crippen LogP contribution in [-0.4, -0.2) is 42.0 Å². The van der Waals surface area contributed by atoms with E-state index in [0.29, 0.717) is 3.57 Å². The lowest BCUT2D eigenvalue weighted by atomic mass is 10.2. The first-order chi connectivity index (χ1) is 8.45. The van der Waals surface area contributed by atoms with Crippen molar-refractivity contribution in [1.29, 1.82) is 0 Å². The van der Waals surface area contributed by atoms with Gasteiger partial charge < -0.3 is 10.0 Å². The minimum Gasteiger partial charge on any atom is -0.395 e. The average Bonchev–Trinajstić information content (AvgIpc) is 2.27. The van der Waals surface area contributed by atoms with E-state index >= 15 is 0 Å². The van der Waals surface area contributed by atoms with Gasteiger partial charge in [-0.3, -0.25) is 4.79 Å². The molecule has 0 unspecified atom stereocenters. The Labute approximate surface area is 116 Å². The predicted molar refractivity (Wildman–Crippen MR) is 68.1 cm³/mol. The summed E-state index contributed by atoms with van der Waals surface area (Å²) < 4.78 is 37.8. The van der Waals surface area contributed by atoms with E-state index in [-0.39, 0.29) is 12.1 Å². The van der Waals surface area contributed by atoms with Crippen molar-refractivity contribution >= 4 is 28.5 Å². The van der Waals surface area contributed by atoms with E-state index in [9.17, 15) is 18.0 Å². The minimum absolute atomic E-state index is 0.145. The average molecular weight is 373 g/mol. The molecule has 0 spiro atoms. The molecule has 100 valence electrons. The van der Waals surface area contributed by atoms with Crippen LogP contribution in [0.25, 0.3) is 0 Å². The number of hydrogen-bond donors (Lipinski definition) is 1. The summed E-state index contributed by atoms with van der Waals surface area (Å²) in [5.41, 5.74) is 0.145. The molecule has 1 amide bonds. The second-order valence-corrected chi connectivity index (χ2v) is 4.65. The molecule has 1 aromatic rings. The number of aliphatic hydroxyl groups excluding tert-OH is 1. The van der Waals surface area contributed by atoms with Crippen LogP contribution in [0.4, 0.5) is 13.2 Å². The summed E-state index contributed by atoms with van der Waals surface area (Å²) in [6.07, 6.45) is -2.68. The van der Waals surface area contributed by atoms with Crippen LogP contribution in [0.5, 0.6) is 0 Å². The number of rotatable bonds is 5. The zero-order valence-electron chi connectivity index (χ0n) is 9.25. The molecular weight excluding hydrogens is 362 g/mol. The zero-order chi connectivity index (χ0) is 13.7. The molecule has 0 saturated carbocycles. The maximum Gasteiger partial charge on any atom is 0.255 e. The van der Waals surface area contributed by atoms with Crippen LogP contribution < -0.4 is 0 Å². The molecule has 0 radical (unpaired) electrons. The number of carbonyl (C=O) groups is 1. The number of carbonyl (C=O) groups excluding carboxylic acids is 1. The molecule has 0 heterocycles. The molecule has 0 fully saturated rings. The van der Waals surface area contributed by atoms with E-state index in [1.54, 1.807) is 22.6 Å². The topological polar surface area (TPSA) is 40.5 Å². The predicted octanol–water partition coefficient (Wildman–Crippen LogP) is 2.13. The van der Waals surface area contributed by atoms with Gasteiger partial charge in [0.25, 0.3) is 12.3 Å². The number of alkyl halides is 2. The van der Waals surface area contributed by atoms with Crippen molar-refractivity contribution in [3.05, 3.63) is 33.1 Å². The Morgan fingerprint density at radius 1 is 1.44 bits per heavy atom. The van der Waals surface area contributed by atoms with Crippen LogP contribution >= 0.6 is 22.6 Å². The summed E-state index contributed by atoms with van der Waals surface area (Å²) >= 11 is 1.76. The normalized spacial score (nSPS) is 10.8. The van der Waals surface area contributed by atoms with Gasteiger partial charge in [0.15, 0.2) is 0 Å². The molecule has 0 aliphatic carbocycles. The molecule has 0 aromatic heterocycles. The van der Waals surface area contributed by atoms with Crippen molar-refractivity contribution in [2.75, 3.05) is 19.7 Å². The minimum atomic E-state index is -2.68. The fourth-order valence-electron chi connectivity index (χ4n) is 1.40. The zero-order valence-corrected chi connectivity index (χ0v) is 11.4. The second kappa shape index (κ2) is 6.93. The first kappa shape index (κ1) is 15.2. The van der Waals surface area contributed by atoms with Gasteiger partial charge in [0.2, 0.25) is 0 Å². The highest BCUT2D eigenvalue weighted by molar-refractivity contribution is 14.1. The quantitative estimate of drug-likeness (QED) is 0.804. The Kier molecular flexibility index (Phi) is 5.86. The van der Waals surface area contributed by atoms with Gasteiger partial charge in [-0.15, -0.1) is 0 Å². The second-order valence-electron chi connectivity index (χ2n) is 3.49. The van der Waals surface area contributed by atoms with Gasteiger partial charge in [-0.1, -0.05) is 0 Å². The highest BCUT2D eigenvalue weighted by Crippen LogP contribution is 2.16. The van der Waals surface area contributed by atoms with E-state index < -0.39 is 31.3 Å². The first-order valence-corrected chi connectivity index (χ1v) is 6.17. The molecule has 1 aromatic carbocycles. The maximum absolute atomic E-state index is 12.9. The van der Waals surface area contributed by atoms with E-state index in [2.05, 4.69) is 0 Å². The Morgan fingerprint density at radius 3 is 2.61 bits per heavy atom. The highest BCUT2D eigenvalue weighted by atomic mass is 127. The van der Waals surface area contributed by atoms with E-state index in [0.717, 1.165) is 17.0 Å². The fourth-order valence-corrected chi connectivity index (χ4v) is 2.10. The lowest BCUT2D eigenvalue weighted by Gasteiger charge is -2.21. The van der Waals surface area contributed by atoms with E-state index in [1.807, 2.05) is 0 Å². The molecule has 3 nitrogen and oxygen atoms in total. The lowest BCUT2D eigenvalue weighted by molar-refractivity contribution is 0.0508.